The van der Waals surface area contributed by atoms with Crippen LogP contribution in [0.15, 0.2) is 41.2 Å². The van der Waals surface area contributed by atoms with Crippen LogP contribution < -0.4 is 5.32 Å². The molecule has 0 aliphatic carbocycles. The minimum atomic E-state index is -0.996. The first-order chi connectivity index (χ1) is 9.63. The lowest BCUT2D eigenvalue weighted by atomic mass is 10.2. The standard InChI is InChI=1S/C13H8N2O4S/c16-11(8-3-4-19-6-8)15-13-14-9-2-1-7(12(17)18)5-10(9)20-13/h1-6H,(H,17,18)(H,14,15,16). The number of carboxylic acids is 1. The molecule has 2 heterocycles. The summed E-state index contributed by atoms with van der Waals surface area (Å²) in [6.07, 6.45) is 2.75. The summed E-state index contributed by atoms with van der Waals surface area (Å²) < 4.78 is 5.53. The second kappa shape index (κ2) is 4.78. The number of carboxylic acid groups (broad SMARTS) is 1. The van der Waals surface area contributed by atoms with Crippen LogP contribution in [0.4, 0.5) is 5.13 Å². The number of hydrogen-bond donors (Lipinski definition) is 2. The zero-order valence-corrected chi connectivity index (χ0v) is 10.8. The second-order valence-corrected chi connectivity index (χ2v) is 5.00. The van der Waals surface area contributed by atoms with Crippen molar-refractivity contribution in [2.45, 2.75) is 0 Å². The Labute approximate surface area is 116 Å². The normalized spacial score (nSPS) is 10.6. The first kappa shape index (κ1) is 12.4. The van der Waals surface area contributed by atoms with E-state index in [-0.39, 0.29) is 11.5 Å². The quantitative estimate of drug-likeness (QED) is 0.773. The van der Waals surface area contributed by atoms with Gasteiger partial charge in [0.15, 0.2) is 5.13 Å². The van der Waals surface area contributed by atoms with E-state index < -0.39 is 5.97 Å². The molecule has 1 aromatic carbocycles. The topological polar surface area (TPSA) is 92.4 Å². The van der Waals surface area contributed by atoms with Gasteiger partial charge in [-0.3, -0.25) is 10.1 Å². The number of hydrogen-bond acceptors (Lipinski definition) is 5. The van der Waals surface area contributed by atoms with Gasteiger partial charge in [0.05, 0.1) is 27.6 Å². The largest absolute Gasteiger partial charge is 0.478 e. The molecule has 100 valence electrons. The van der Waals surface area contributed by atoms with E-state index in [1.807, 2.05) is 0 Å². The minimum Gasteiger partial charge on any atom is -0.478 e. The highest BCUT2D eigenvalue weighted by atomic mass is 32.1. The highest BCUT2D eigenvalue weighted by molar-refractivity contribution is 7.22. The van der Waals surface area contributed by atoms with E-state index in [4.69, 9.17) is 9.52 Å². The van der Waals surface area contributed by atoms with Crippen LogP contribution in [0.25, 0.3) is 10.2 Å². The van der Waals surface area contributed by atoms with Crippen LogP contribution in [0.1, 0.15) is 20.7 Å². The smallest absolute Gasteiger partial charge is 0.335 e. The summed E-state index contributed by atoms with van der Waals surface area (Å²) in [5.74, 6) is -1.32. The van der Waals surface area contributed by atoms with Crippen molar-refractivity contribution in [1.29, 1.82) is 0 Å². The number of nitrogens with zero attached hydrogens (tertiary/aromatic N) is 1. The molecule has 0 fully saturated rings. The van der Waals surface area contributed by atoms with Gasteiger partial charge in [0.2, 0.25) is 0 Å². The number of anilines is 1. The molecule has 2 N–H and O–H groups in total. The average Bonchev–Trinajstić information content (AvgIpc) is 3.06. The lowest BCUT2D eigenvalue weighted by molar-refractivity contribution is 0.0697. The van der Waals surface area contributed by atoms with Crippen molar-refractivity contribution in [2.75, 3.05) is 5.32 Å². The highest BCUT2D eigenvalue weighted by Crippen LogP contribution is 2.27. The highest BCUT2D eigenvalue weighted by Gasteiger charge is 2.12. The van der Waals surface area contributed by atoms with Gasteiger partial charge in [-0.1, -0.05) is 11.3 Å². The maximum atomic E-state index is 11.8. The van der Waals surface area contributed by atoms with Gasteiger partial charge in [-0.2, -0.15) is 0 Å². The number of amides is 1. The Bertz CT molecular complexity index is 792. The van der Waals surface area contributed by atoms with Crippen LogP contribution in [0, 0.1) is 0 Å². The zero-order valence-electron chi connectivity index (χ0n) is 9.99. The van der Waals surface area contributed by atoms with Crippen molar-refractivity contribution in [3.8, 4) is 0 Å². The van der Waals surface area contributed by atoms with Gasteiger partial charge >= 0.3 is 5.97 Å². The molecule has 2 aromatic heterocycles. The molecule has 0 aliphatic rings. The van der Waals surface area contributed by atoms with Crippen LogP contribution in [-0.4, -0.2) is 22.0 Å². The zero-order chi connectivity index (χ0) is 14.1. The van der Waals surface area contributed by atoms with Crippen molar-refractivity contribution in [3.63, 3.8) is 0 Å². The molecule has 0 radical (unpaired) electrons. The maximum absolute atomic E-state index is 11.8. The third-order valence-corrected chi connectivity index (χ3v) is 3.57. The van der Waals surface area contributed by atoms with Gasteiger partial charge in [-0.25, -0.2) is 9.78 Å². The van der Waals surface area contributed by atoms with E-state index in [9.17, 15) is 9.59 Å². The van der Waals surface area contributed by atoms with E-state index >= 15 is 0 Å². The number of nitrogens with one attached hydrogen (secondary N) is 1. The molecule has 0 spiro atoms. The molecule has 6 nitrogen and oxygen atoms in total. The molecule has 20 heavy (non-hydrogen) atoms. The lowest BCUT2D eigenvalue weighted by Crippen LogP contribution is -2.10. The van der Waals surface area contributed by atoms with Crippen LogP contribution in [0.5, 0.6) is 0 Å². The molecule has 0 unspecified atom stereocenters. The number of rotatable bonds is 3. The number of furan rings is 1. The first-order valence-corrected chi connectivity index (χ1v) is 6.42. The number of carbonyl (C=O) groups excluding carboxylic acids is 1. The number of thiazole rings is 1. The summed E-state index contributed by atoms with van der Waals surface area (Å²) in [4.78, 5) is 26.9. The summed E-state index contributed by atoms with van der Waals surface area (Å²) in [6.45, 7) is 0. The molecule has 0 aliphatic heterocycles. The maximum Gasteiger partial charge on any atom is 0.335 e. The van der Waals surface area contributed by atoms with Crippen molar-refractivity contribution in [3.05, 3.63) is 47.9 Å². The lowest BCUT2D eigenvalue weighted by Gasteiger charge is -1.96. The fourth-order valence-corrected chi connectivity index (χ4v) is 2.57. The molecule has 0 atom stereocenters. The van der Waals surface area contributed by atoms with Crippen molar-refractivity contribution in [2.24, 2.45) is 0 Å². The number of carbonyl (C=O) groups is 2. The molecule has 0 saturated carbocycles. The van der Waals surface area contributed by atoms with Gasteiger partial charge < -0.3 is 9.52 Å². The molecule has 0 saturated heterocycles. The summed E-state index contributed by atoms with van der Waals surface area (Å²) in [6, 6.07) is 6.17. The van der Waals surface area contributed by atoms with E-state index in [0.29, 0.717) is 20.9 Å². The van der Waals surface area contributed by atoms with Gasteiger partial charge in [0.1, 0.15) is 6.26 Å². The molecule has 0 bridgehead atoms. The third kappa shape index (κ3) is 2.26. The van der Waals surface area contributed by atoms with Crippen molar-refractivity contribution < 1.29 is 19.1 Å². The fraction of sp³-hybridized carbons (Fsp3) is 0. The van der Waals surface area contributed by atoms with E-state index in [0.717, 1.165) is 0 Å². The Morgan fingerprint density at radius 1 is 1.25 bits per heavy atom. The Balaban J connectivity index is 1.89. The monoisotopic (exact) mass is 288 g/mol. The van der Waals surface area contributed by atoms with Crippen LogP contribution >= 0.6 is 11.3 Å². The summed E-state index contributed by atoms with van der Waals surface area (Å²) in [5, 5.41) is 12.0. The van der Waals surface area contributed by atoms with Crippen LogP contribution in [0.2, 0.25) is 0 Å². The van der Waals surface area contributed by atoms with Gasteiger partial charge in [0.25, 0.3) is 5.91 Å². The summed E-state index contributed by atoms with van der Waals surface area (Å²) in [7, 11) is 0. The van der Waals surface area contributed by atoms with Crippen molar-refractivity contribution in [1.82, 2.24) is 4.98 Å². The molecular weight excluding hydrogens is 280 g/mol. The third-order valence-electron chi connectivity index (χ3n) is 2.64. The van der Waals surface area contributed by atoms with E-state index in [1.54, 1.807) is 12.1 Å². The average molecular weight is 288 g/mol. The second-order valence-electron chi connectivity index (χ2n) is 3.97. The molecule has 3 aromatic rings. The van der Waals surface area contributed by atoms with Gasteiger partial charge in [-0.05, 0) is 24.3 Å². The van der Waals surface area contributed by atoms with Gasteiger partial charge in [0, 0.05) is 0 Å². The first-order valence-electron chi connectivity index (χ1n) is 5.61. The fourth-order valence-electron chi connectivity index (χ4n) is 1.67. The molecule has 1 amide bonds. The summed E-state index contributed by atoms with van der Waals surface area (Å²) in [5.41, 5.74) is 1.23. The molecule has 7 heteroatoms. The SMILES string of the molecule is O=C(O)c1ccc2nc(NC(=O)c3ccoc3)sc2c1. The number of aromatic carboxylic acids is 1. The Hall–Kier alpha value is -2.67. The summed E-state index contributed by atoms with van der Waals surface area (Å²) >= 11 is 1.22. The Kier molecular flexibility index (Phi) is 2.96. The molecule has 3 rings (SSSR count). The Morgan fingerprint density at radius 2 is 2.10 bits per heavy atom. The number of benzene rings is 1. The number of aromatic nitrogens is 1. The van der Waals surface area contributed by atoms with E-state index in [1.165, 1.54) is 36.0 Å². The predicted octanol–water partition coefficient (Wildman–Crippen LogP) is 2.84. The van der Waals surface area contributed by atoms with Gasteiger partial charge in [-0.15, -0.1) is 0 Å². The predicted molar refractivity (Wildman–Crippen MR) is 73.2 cm³/mol. The van der Waals surface area contributed by atoms with Crippen LogP contribution in [0.3, 0.4) is 0 Å². The van der Waals surface area contributed by atoms with Crippen molar-refractivity contribution >= 4 is 38.6 Å². The minimum absolute atomic E-state index is 0.189. The van der Waals surface area contributed by atoms with Crippen LogP contribution in [-0.2, 0) is 0 Å². The Morgan fingerprint density at radius 3 is 2.80 bits per heavy atom. The van der Waals surface area contributed by atoms with E-state index in [2.05, 4.69) is 10.3 Å². The molecular formula is C13H8N2O4S. The number of fused-ring (bicyclic) bond motifs is 1.